The maximum Gasteiger partial charge on any atom is 0.338 e. The van der Waals surface area contributed by atoms with E-state index in [9.17, 15) is 19.2 Å². The molecule has 0 aliphatic carbocycles. The third-order valence-electron chi connectivity index (χ3n) is 5.05. The number of nitrogens with one attached hydrogen (secondary N) is 2. The molecule has 0 unspecified atom stereocenters. The maximum absolute atomic E-state index is 12.3. The standard InChI is InChI=1S/C27H28N2O6/c1-2-17-34-27(33)20-13-15-21(16-14-20)28-25(31)18-35-26(32)12-6-11-24(30)29-23-10-5-8-19-7-3-4-9-22(19)23/h3-5,7-10,13-16H,2,6,11-12,17-18H2,1H3,(H,28,31)(H,29,30). The van der Waals surface area contributed by atoms with E-state index < -0.39 is 24.5 Å². The van der Waals surface area contributed by atoms with E-state index >= 15 is 0 Å². The molecule has 0 bridgehead atoms. The molecule has 3 aromatic carbocycles. The van der Waals surface area contributed by atoms with Gasteiger partial charge in [0.15, 0.2) is 6.61 Å². The highest BCUT2D eigenvalue weighted by molar-refractivity contribution is 6.02. The van der Waals surface area contributed by atoms with Crippen LogP contribution < -0.4 is 10.6 Å². The fourth-order valence-electron chi connectivity index (χ4n) is 3.32. The number of anilines is 2. The number of hydrogen-bond acceptors (Lipinski definition) is 6. The smallest absolute Gasteiger partial charge is 0.338 e. The lowest BCUT2D eigenvalue weighted by Crippen LogP contribution is -2.21. The van der Waals surface area contributed by atoms with Crippen LogP contribution in [0, 0.1) is 0 Å². The lowest BCUT2D eigenvalue weighted by atomic mass is 10.1. The highest BCUT2D eigenvalue weighted by Gasteiger charge is 2.11. The molecule has 0 atom stereocenters. The molecule has 0 saturated carbocycles. The molecule has 2 amide bonds. The van der Waals surface area contributed by atoms with Gasteiger partial charge in [-0.05, 0) is 48.6 Å². The van der Waals surface area contributed by atoms with Gasteiger partial charge in [-0.2, -0.15) is 0 Å². The van der Waals surface area contributed by atoms with Gasteiger partial charge in [0.25, 0.3) is 5.91 Å². The van der Waals surface area contributed by atoms with Crippen LogP contribution in [-0.2, 0) is 23.9 Å². The zero-order valence-electron chi connectivity index (χ0n) is 19.5. The SMILES string of the molecule is CCCOC(=O)c1ccc(NC(=O)COC(=O)CCCC(=O)Nc2cccc3ccccc23)cc1. The highest BCUT2D eigenvalue weighted by Crippen LogP contribution is 2.23. The first-order chi connectivity index (χ1) is 17.0. The van der Waals surface area contributed by atoms with Gasteiger partial charge in [-0.3, -0.25) is 14.4 Å². The zero-order valence-corrected chi connectivity index (χ0v) is 19.5. The number of carbonyl (C=O) groups excluding carboxylic acids is 4. The number of amides is 2. The molecule has 2 N–H and O–H groups in total. The summed E-state index contributed by atoms with van der Waals surface area (Å²) in [5, 5.41) is 7.43. The van der Waals surface area contributed by atoms with E-state index in [0.717, 1.165) is 22.9 Å². The number of carbonyl (C=O) groups is 4. The van der Waals surface area contributed by atoms with Crippen molar-refractivity contribution < 1.29 is 28.7 Å². The Morgan fingerprint density at radius 2 is 1.51 bits per heavy atom. The lowest BCUT2D eigenvalue weighted by Gasteiger charge is -2.09. The third kappa shape index (κ3) is 7.96. The molecule has 0 fully saturated rings. The van der Waals surface area contributed by atoms with Crippen molar-refractivity contribution in [3.8, 4) is 0 Å². The summed E-state index contributed by atoms with van der Waals surface area (Å²) >= 11 is 0. The summed E-state index contributed by atoms with van der Waals surface area (Å²) in [6.07, 6.45) is 1.20. The summed E-state index contributed by atoms with van der Waals surface area (Å²) < 4.78 is 10.0. The minimum atomic E-state index is -0.563. The van der Waals surface area contributed by atoms with E-state index in [2.05, 4.69) is 10.6 Å². The Balaban J connectivity index is 1.35. The van der Waals surface area contributed by atoms with Gasteiger partial charge >= 0.3 is 11.9 Å². The second-order valence-electron chi connectivity index (χ2n) is 7.85. The molecule has 0 aliphatic heterocycles. The van der Waals surface area contributed by atoms with E-state index in [0.29, 0.717) is 24.3 Å². The minimum Gasteiger partial charge on any atom is -0.462 e. The third-order valence-corrected chi connectivity index (χ3v) is 5.05. The van der Waals surface area contributed by atoms with Crippen LogP contribution in [0.3, 0.4) is 0 Å². The van der Waals surface area contributed by atoms with Crippen molar-refractivity contribution >= 4 is 45.9 Å². The summed E-state index contributed by atoms with van der Waals surface area (Å²) in [6, 6.07) is 19.6. The van der Waals surface area contributed by atoms with Gasteiger partial charge in [0.05, 0.1) is 12.2 Å². The van der Waals surface area contributed by atoms with Crippen LogP contribution in [-0.4, -0.2) is 37.0 Å². The Labute approximate surface area is 203 Å². The van der Waals surface area contributed by atoms with E-state index in [4.69, 9.17) is 9.47 Å². The summed E-state index contributed by atoms with van der Waals surface area (Å²) in [5.41, 5.74) is 1.56. The first-order valence-corrected chi connectivity index (χ1v) is 11.5. The molecule has 35 heavy (non-hydrogen) atoms. The van der Waals surface area contributed by atoms with Crippen LogP contribution in [0.5, 0.6) is 0 Å². The van der Waals surface area contributed by atoms with Gasteiger partial charge in [-0.15, -0.1) is 0 Å². The van der Waals surface area contributed by atoms with Crippen LogP contribution >= 0.6 is 0 Å². The normalized spacial score (nSPS) is 10.4. The first kappa shape index (κ1) is 25.4. The number of hydrogen-bond donors (Lipinski definition) is 2. The predicted octanol–water partition coefficient (Wildman–Crippen LogP) is 4.70. The molecule has 8 nitrogen and oxygen atoms in total. The Hall–Kier alpha value is -4.20. The van der Waals surface area contributed by atoms with E-state index in [-0.39, 0.29) is 18.7 Å². The fourth-order valence-corrected chi connectivity index (χ4v) is 3.32. The average Bonchev–Trinajstić information content (AvgIpc) is 2.86. The Morgan fingerprint density at radius 1 is 0.771 bits per heavy atom. The van der Waals surface area contributed by atoms with Crippen molar-refractivity contribution in [1.82, 2.24) is 0 Å². The van der Waals surface area contributed by atoms with Crippen LogP contribution in [0.1, 0.15) is 43.0 Å². The molecule has 182 valence electrons. The van der Waals surface area contributed by atoms with Crippen molar-refractivity contribution in [2.75, 3.05) is 23.8 Å². The monoisotopic (exact) mass is 476 g/mol. The van der Waals surface area contributed by atoms with Crippen LogP contribution in [0.15, 0.2) is 66.7 Å². The van der Waals surface area contributed by atoms with Crippen LogP contribution in [0.4, 0.5) is 11.4 Å². The molecule has 0 aliphatic rings. The molecule has 0 saturated heterocycles. The number of rotatable bonds is 11. The molecule has 0 aromatic heterocycles. The van der Waals surface area contributed by atoms with Gasteiger partial charge < -0.3 is 20.1 Å². The molecule has 0 radical (unpaired) electrons. The molecule has 0 spiro atoms. The Bertz CT molecular complexity index is 1180. The summed E-state index contributed by atoms with van der Waals surface area (Å²) in [7, 11) is 0. The predicted molar refractivity (Wildman–Crippen MR) is 133 cm³/mol. The second kappa shape index (κ2) is 12.9. The van der Waals surface area contributed by atoms with E-state index in [1.54, 1.807) is 24.3 Å². The molecule has 8 heteroatoms. The lowest BCUT2D eigenvalue weighted by molar-refractivity contribution is -0.147. The summed E-state index contributed by atoms with van der Waals surface area (Å²) in [5.74, 6) is -1.70. The van der Waals surface area contributed by atoms with E-state index in [1.807, 2.05) is 49.4 Å². The van der Waals surface area contributed by atoms with Gasteiger partial charge in [-0.1, -0.05) is 43.3 Å². The minimum absolute atomic E-state index is 0.0187. The quantitative estimate of drug-likeness (QED) is 0.388. The number of ether oxygens (including phenoxy) is 2. The Kier molecular flexibility index (Phi) is 9.36. The first-order valence-electron chi connectivity index (χ1n) is 11.5. The van der Waals surface area contributed by atoms with Crippen molar-refractivity contribution in [2.45, 2.75) is 32.6 Å². The Morgan fingerprint density at radius 3 is 2.29 bits per heavy atom. The number of fused-ring (bicyclic) bond motifs is 1. The topological polar surface area (TPSA) is 111 Å². The summed E-state index contributed by atoms with van der Waals surface area (Å²) in [4.78, 5) is 48.0. The van der Waals surface area contributed by atoms with Crippen molar-refractivity contribution in [1.29, 1.82) is 0 Å². The van der Waals surface area contributed by atoms with Gasteiger partial charge in [0, 0.05) is 29.6 Å². The largest absolute Gasteiger partial charge is 0.462 e. The van der Waals surface area contributed by atoms with Crippen molar-refractivity contribution in [3.05, 3.63) is 72.3 Å². The van der Waals surface area contributed by atoms with Gasteiger partial charge in [-0.25, -0.2) is 4.79 Å². The van der Waals surface area contributed by atoms with Crippen LogP contribution in [0.25, 0.3) is 10.8 Å². The van der Waals surface area contributed by atoms with E-state index in [1.165, 1.54) is 0 Å². The second-order valence-corrected chi connectivity index (χ2v) is 7.85. The average molecular weight is 477 g/mol. The number of esters is 2. The highest BCUT2D eigenvalue weighted by atomic mass is 16.5. The number of benzene rings is 3. The zero-order chi connectivity index (χ0) is 25.0. The summed E-state index contributed by atoms with van der Waals surface area (Å²) in [6.45, 7) is 1.81. The van der Waals surface area contributed by atoms with Crippen molar-refractivity contribution in [2.24, 2.45) is 0 Å². The molecule has 0 heterocycles. The van der Waals surface area contributed by atoms with Crippen molar-refractivity contribution in [3.63, 3.8) is 0 Å². The van der Waals surface area contributed by atoms with Gasteiger partial charge in [0.1, 0.15) is 0 Å². The van der Waals surface area contributed by atoms with Crippen LogP contribution in [0.2, 0.25) is 0 Å². The fraction of sp³-hybridized carbons (Fsp3) is 0.259. The molecule has 3 rings (SSSR count). The van der Waals surface area contributed by atoms with Gasteiger partial charge in [0.2, 0.25) is 5.91 Å². The molecular weight excluding hydrogens is 448 g/mol. The molecular formula is C27H28N2O6. The molecule has 3 aromatic rings. The maximum atomic E-state index is 12.3.